The maximum atomic E-state index is 11.9. The molecule has 0 saturated carbocycles. The van der Waals surface area contributed by atoms with Crippen molar-refractivity contribution in [2.24, 2.45) is 0 Å². The summed E-state index contributed by atoms with van der Waals surface area (Å²) in [5.74, 6) is 0.210. The summed E-state index contributed by atoms with van der Waals surface area (Å²) < 4.78 is 5.35. The average Bonchev–Trinajstić information content (AvgIpc) is 2.26. The molecule has 5 nitrogen and oxygen atoms in total. The summed E-state index contributed by atoms with van der Waals surface area (Å²) >= 11 is 0. The first-order chi connectivity index (χ1) is 8.69. The Morgan fingerprint density at radius 1 is 1.16 bits per heavy atom. The molecule has 5 heteroatoms. The zero-order valence-electron chi connectivity index (χ0n) is 12.7. The van der Waals surface area contributed by atoms with Gasteiger partial charge in [0.25, 0.3) is 0 Å². The molecule has 0 aromatic heterocycles. The molecule has 1 heterocycles. The van der Waals surface area contributed by atoms with E-state index in [4.69, 9.17) is 4.74 Å². The Morgan fingerprint density at radius 2 is 1.68 bits per heavy atom. The molecule has 0 aliphatic carbocycles. The second kappa shape index (κ2) is 6.37. The van der Waals surface area contributed by atoms with Crippen LogP contribution in [0.15, 0.2) is 0 Å². The van der Waals surface area contributed by atoms with E-state index in [1.165, 1.54) is 0 Å². The summed E-state index contributed by atoms with van der Waals surface area (Å²) in [6, 6.07) is 0.248. The largest absolute Gasteiger partial charge is 0.444 e. The molecule has 0 aromatic rings. The van der Waals surface area contributed by atoms with Crippen LogP contribution < -0.4 is 0 Å². The molecule has 0 radical (unpaired) electrons. The Morgan fingerprint density at radius 3 is 2.11 bits per heavy atom. The van der Waals surface area contributed by atoms with E-state index in [1.807, 2.05) is 20.8 Å². The van der Waals surface area contributed by atoms with Gasteiger partial charge in [0.1, 0.15) is 11.4 Å². The first-order valence-electron chi connectivity index (χ1n) is 6.90. The Labute approximate surface area is 115 Å². The second-order valence-corrected chi connectivity index (χ2v) is 6.26. The van der Waals surface area contributed by atoms with Crippen molar-refractivity contribution in [2.75, 3.05) is 26.2 Å². The molecule has 1 fully saturated rings. The zero-order chi connectivity index (χ0) is 14.6. The van der Waals surface area contributed by atoms with Gasteiger partial charge in [-0.1, -0.05) is 0 Å². The number of hydrogen-bond acceptors (Lipinski definition) is 4. The van der Waals surface area contributed by atoms with Gasteiger partial charge in [-0.2, -0.15) is 0 Å². The minimum atomic E-state index is -0.448. The summed E-state index contributed by atoms with van der Waals surface area (Å²) in [5, 5.41) is 0. The van der Waals surface area contributed by atoms with Crippen LogP contribution in [0.25, 0.3) is 0 Å². The van der Waals surface area contributed by atoms with Gasteiger partial charge in [0.05, 0.1) is 0 Å². The third kappa shape index (κ3) is 5.59. The molecule has 1 aliphatic rings. The van der Waals surface area contributed by atoms with Crippen LogP contribution >= 0.6 is 0 Å². The molecule has 1 rings (SSSR count). The number of hydrogen-bond donors (Lipinski definition) is 0. The van der Waals surface area contributed by atoms with Gasteiger partial charge < -0.3 is 9.64 Å². The van der Waals surface area contributed by atoms with Crippen molar-refractivity contribution in [3.8, 4) is 0 Å². The van der Waals surface area contributed by atoms with Gasteiger partial charge in [-0.25, -0.2) is 4.79 Å². The lowest BCUT2D eigenvalue weighted by Crippen LogP contribution is -2.52. The van der Waals surface area contributed by atoms with Gasteiger partial charge in [0.15, 0.2) is 0 Å². The summed E-state index contributed by atoms with van der Waals surface area (Å²) in [6.07, 6.45) is 0.332. The van der Waals surface area contributed by atoms with Gasteiger partial charge in [0.2, 0.25) is 0 Å². The van der Waals surface area contributed by atoms with Crippen molar-refractivity contribution in [3.63, 3.8) is 0 Å². The van der Waals surface area contributed by atoms with E-state index in [2.05, 4.69) is 11.8 Å². The average molecular weight is 270 g/mol. The number of carbonyl (C=O) groups is 2. The highest BCUT2D eigenvalue weighted by Crippen LogP contribution is 2.14. The van der Waals surface area contributed by atoms with Crippen molar-refractivity contribution in [2.45, 2.75) is 52.7 Å². The van der Waals surface area contributed by atoms with E-state index in [0.717, 1.165) is 13.1 Å². The number of piperazine rings is 1. The number of rotatable bonds is 3. The van der Waals surface area contributed by atoms with E-state index >= 15 is 0 Å². The summed E-state index contributed by atoms with van der Waals surface area (Å²) in [5.41, 5.74) is -0.448. The lowest BCUT2D eigenvalue weighted by Gasteiger charge is -2.38. The fourth-order valence-electron chi connectivity index (χ4n) is 2.22. The molecule has 110 valence electrons. The molecule has 1 atom stereocenters. The third-order valence-corrected chi connectivity index (χ3v) is 3.17. The molecule has 0 aromatic carbocycles. The SMILES string of the molecule is CC(=O)CC(C)N1CCN(C(=O)OC(C)(C)C)CC1. The number of nitrogens with zero attached hydrogens (tertiary/aromatic N) is 2. The lowest BCUT2D eigenvalue weighted by atomic mass is 10.1. The molecular weight excluding hydrogens is 244 g/mol. The Hall–Kier alpha value is -1.10. The van der Waals surface area contributed by atoms with E-state index in [0.29, 0.717) is 19.5 Å². The van der Waals surface area contributed by atoms with Crippen LogP contribution in [0.4, 0.5) is 4.79 Å². The number of amides is 1. The van der Waals surface area contributed by atoms with E-state index in [9.17, 15) is 9.59 Å². The van der Waals surface area contributed by atoms with Crippen molar-refractivity contribution in [3.05, 3.63) is 0 Å². The van der Waals surface area contributed by atoms with Crippen LogP contribution in [0, 0.1) is 0 Å². The van der Waals surface area contributed by atoms with Crippen molar-refractivity contribution >= 4 is 11.9 Å². The van der Waals surface area contributed by atoms with Crippen LogP contribution in [-0.2, 0) is 9.53 Å². The lowest BCUT2D eigenvalue weighted by molar-refractivity contribution is -0.118. The number of carbonyl (C=O) groups excluding carboxylic acids is 2. The second-order valence-electron chi connectivity index (χ2n) is 6.26. The highest BCUT2D eigenvalue weighted by molar-refractivity contribution is 5.76. The molecule has 19 heavy (non-hydrogen) atoms. The quantitative estimate of drug-likeness (QED) is 0.786. The van der Waals surface area contributed by atoms with Gasteiger partial charge in [-0.3, -0.25) is 9.69 Å². The van der Waals surface area contributed by atoms with Gasteiger partial charge >= 0.3 is 6.09 Å². The van der Waals surface area contributed by atoms with Gasteiger partial charge in [0, 0.05) is 38.6 Å². The molecule has 0 bridgehead atoms. The van der Waals surface area contributed by atoms with Gasteiger partial charge in [-0.15, -0.1) is 0 Å². The zero-order valence-corrected chi connectivity index (χ0v) is 12.7. The standard InChI is InChI=1S/C14H26N2O3/c1-11(10-12(2)17)15-6-8-16(9-7-15)13(18)19-14(3,4)5/h11H,6-10H2,1-5H3. The number of ether oxygens (including phenoxy) is 1. The minimum Gasteiger partial charge on any atom is -0.444 e. The van der Waals surface area contributed by atoms with Crippen molar-refractivity contribution in [1.29, 1.82) is 0 Å². The first-order valence-corrected chi connectivity index (χ1v) is 6.90. The van der Waals surface area contributed by atoms with E-state index in [-0.39, 0.29) is 17.9 Å². The maximum Gasteiger partial charge on any atom is 0.410 e. The number of ketones is 1. The molecule has 1 unspecified atom stereocenters. The van der Waals surface area contributed by atoms with Crippen molar-refractivity contribution < 1.29 is 14.3 Å². The molecule has 1 aliphatic heterocycles. The fraction of sp³-hybridized carbons (Fsp3) is 0.857. The summed E-state index contributed by atoms with van der Waals surface area (Å²) in [7, 11) is 0. The predicted molar refractivity (Wildman–Crippen MR) is 74.1 cm³/mol. The smallest absolute Gasteiger partial charge is 0.410 e. The first kappa shape index (κ1) is 16.0. The highest BCUT2D eigenvalue weighted by Gasteiger charge is 2.27. The van der Waals surface area contributed by atoms with Crippen LogP contribution in [0.5, 0.6) is 0 Å². The highest BCUT2D eigenvalue weighted by atomic mass is 16.6. The topological polar surface area (TPSA) is 49.9 Å². The molecule has 1 amide bonds. The molecule has 0 N–H and O–H groups in total. The normalized spacial score (nSPS) is 19.1. The Kier molecular flexibility index (Phi) is 5.35. The summed E-state index contributed by atoms with van der Waals surface area (Å²) in [4.78, 5) is 27.0. The van der Waals surface area contributed by atoms with Crippen LogP contribution in [0.2, 0.25) is 0 Å². The monoisotopic (exact) mass is 270 g/mol. The summed E-state index contributed by atoms with van der Waals surface area (Å²) in [6.45, 7) is 12.2. The Bertz CT molecular complexity index is 328. The van der Waals surface area contributed by atoms with E-state index < -0.39 is 5.60 Å². The predicted octanol–water partition coefficient (Wildman–Crippen LogP) is 1.91. The van der Waals surface area contributed by atoms with Crippen molar-refractivity contribution in [1.82, 2.24) is 9.80 Å². The minimum absolute atomic E-state index is 0.210. The maximum absolute atomic E-state index is 11.9. The third-order valence-electron chi connectivity index (χ3n) is 3.17. The van der Waals surface area contributed by atoms with Crippen LogP contribution in [0.1, 0.15) is 41.0 Å². The fourth-order valence-corrected chi connectivity index (χ4v) is 2.22. The molecule has 1 saturated heterocycles. The van der Waals surface area contributed by atoms with Crippen LogP contribution in [0.3, 0.4) is 0 Å². The molecular formula is C14H26N2O3. The number of Topliss-reactive ketones (excluding diaryl/α,β-unsaturated/α-hetero) is 1. The Balaban J connectivity index is 2.40. The van der Waals surface area contributed by atoms with Crippen LogP contribution in [-0.4, -0.2) is 59.5 Å². The molecule has 0 spiro atoms. The van der Waals surface area contributed by atoms with E-state index in [1.54, 1.807) is 11.8 Å². The van der Waals surface area contributed by atoms with Gasteiger partial charge in [-0.05, 0) is 34.6 Å².